The Hall–Kier alpha value is -2.66. The highest BCUT2D eigenvalue weighted by atomic mass is 16.5. The van der Waals surface area contributed by atoms with Crippen LogP contribution in [-0.4, -0.2) is 18.9 Å². The molecule has 2 aromatic rings. The molecule has 2 aromatic carbocycles. The molecular formula is C18H20N2O3. The lowest BCUT2D eigenvalue weighted by molar-refractivity contribution is -0.114. The summed E-state index contributed by atoms with van der Waals surface area (Å²) in [6.07, 6.45) is 0. The zero-order valence-electron chi connectivity index (χ0n) is 13.5. The molecule has 0 fully saturated rings. The highest BCUT2D eigenvalue weighted by molar-refractivity contribution is 6.05. The number of benzene rings is 2. The van der Waals surface area contributed by atoms with E-state index in [1.165, 1.54) is 6.92 Å². The zero-order valence-corrected chi connectivity index (χ0v) is 13.5. The Bertz CT molecular complexity index is 709. The maximum Gasteiger partial charge on any atom is 0.255 e. The molecule has 0 radical (unpaired) electrons. The summed E-state index contributed by atoms with van der Waals surface area (Å²) in [7, 11) is 1.64. The molecule has 2 amide bonds. The first-order valence-electron chi connectivity index (χ1n) is 7.27. The smallest absolute Gasteiger partial charge is 0.255 e. The van der Waals surface area contributed by atoms with Crippen LogP contribution in [0.1, 0.15) is 28.4 Å². The number of hydrogen-bond acceptors (Lipinski definition) is 3. The van der Waals surface area contributed by atoms with Gasteiger partial charge in [0, 0.05) is 31.0 Å². The fourth-order valence-electron chi connectivity index (χ4n) is 2.14. The lowest BCUT2D eigenvalue weighted by Gasteiger charge is -2.10. The third-order valence-corrected chi connectivity index (χ3v) is 3.33. The summed E-state index contributed by atoms with van der Waals surface area (Å²) >= 11 is 0. The van der Waals surface area contributed by atoms with Gasteiger partial charge in [0.15, 0.2) is 0 Å². The summed E-state index contributed by atoms with van der Waals surface area (Å²) in [6.45, 7) is 3.85. The van der Waals surface area contributed by atoms with E-state index in [2.05, 4.69) is 10.6 Å². The molecule has 120 valence electrons. The Morgan fingerprint density at radius 1 is 1.04 bits per heavy atom. The number of anilines is 2. The summed E-state index contributed by atoms with van der Waals surface area (Å²) in [5.41, 5.74) is 3.77. The van der Waals surface area contributed by atoms with Crippen molar-refractivity contribution in [1.82, 2.24) is 0 Å². The van der Waals surface area contributed by atoms with Crippen LogP contribution in [0, 0.1) is 6.92 Å². The minimum atomic E-state index is -0.226. The highest BCUT2D eigenvalue weighted by Crippen LogP contribution is 2.18. The molecule has 5 heteroatoms. The van der Waals surface area contributed by atoms with Crippen LogP contribution in [-0.2, 0) is 16.1 Å². The second kappa shape index (κ2) is 7.56. The van der Waals surface area contributed by atoms with Crippen molar-refractivity contribution in [3.05, 3.63) is 59.2 Å². The van der Waals surface area contributed by atoms with E-state index in [9.17, 15) is 9.59 Å². The molecule has 23 heavy (non-hydrogen) atoms. The molecule has 0 aliphatic carbocycles. The van der Waals surface area contributed by atoms with E-state index >= 15 is 0 Å². The second-order valence-corrected chi connectivity index (χ2v) is 5.29. The van der Waals surface area contributed by atoms with Crippen molar-refractivity contribution in [2.45, 2.75) is 20.5 Å². The number of carbonyl (C=O) groups is 2. The van der Waals surface area contributed by atoms with Gasteiger partial charge in [-0.05, 0) is 42.3 Å². The number of ether oxygens (including phenoxy) is 1. The van der Waals surface area contributed by atoms with Crippen molar-refractivity contribution >= 4 is 23.2 Å². The summed E-state index contributed by atoms with van der Waals surface area (Å²) in [5, 5.41) is 5.56. The number of amides is 2. The monoisotopic (exact) mass is 312 g/mol. The predicted octanol–water partition coefficient (Wildman–Crippen LogP) is 3.35. The Morgan fingerprint density at radius 3 is 2.35 bits per heavy atom. The van der Waals surface area contributed by atoms with Crippen LogP contribution in [0.5, 0.6) is 0 Å². The van der Waals surface area contributed by atoms with Crippen LogP contribution in [0.3, 0.4) is 0 Å². The van der Waals surface area contributed by atoms with Gasteiger partial charge in [-0.3, -0.25) is 9.59 Å². The molecule has 0 aromatic heterocycles. The van der Waals surface area contributed by atoms with Gasteiger partial charge in [0.1, 0.15) is 0 Å². The third-order valence-electron chi connectivity index (χ3n) is 3.33. The highest BCUT2D eigenvalue weighted by Gasteiger charge is 2.09. The maximum absolute atomic E-state index is 12.3. The maximum atomic E-state index is 12.3. The van der Waals surface area contributed by atoms with Gasteiger partial charge in [-0.1, -0.05) is 18.2 Å². The number of nitrogens with one attached hydrogen (secondary N) is 2. The Labute approximate surface area is 135 Å². The fraction of sp³-hybridized carbons (Fsp3) is 0.222. The summed E-state index contributed by atoms with van der Waals surface area (Å²) in [4.78, 5) is 23.5. The first kappa shape index (κ1) is 16.7. The van der Waals surface area contributed by atoms with Crippen LogP contribution in [0.4, 0.5) is 11.4 Å². The first-order chi connectivity index (χ1) is 11.0. The van der Waals surface area contributed by atoms with Crippen molar-refractivity contribution in [2.24, 2.45) is 0 Å². The van der Waals surface area contributed by atoms with Gasteiger partial charge in [-0.25, -0.2) is 0 Å². The largest absolute Gasteiger partial charge is 0.380 e. The van der Waals surface area contributed by atoms with Crippen LogP contribution >= 0.6 is 0 Å². The summed E-state index contributed by atoms with van der Waals surface area (Å²) < 4.78 is 5.05. The average Bonchev–Trinajstić information content (AvgIpc) is 2.51. The molecule has 0 saturated carbocycles. The molecule has 0 aliphatic rings. The molecule has 0 aliphatic heterocycles. The van der Waals surface area contributed by atoms with Gasteiger partial charge >= 0.3 is 0 Å². The van der Waals surface area contributed by atoms with Gasteiger partial charge in [0.05, 0.1) is 6.61 Å². The zero-order chi connectivity index (χ0) is 16.8. The third kappa shape index (κ3) is 4.66. The Kier molecular flexibility index (Phi) is 5.49. The summed E-state index contributed by atoms with van der Waals surface area (Å²) in [5.74, 6) is -0.393. The molecule has 0 unspecified atom stereocenters. The standard InChI is InChI=1S/C18H20N2O3/c1-12-4-7-15(10-17(12)19-13(2)21)18(22)20-16-8-5-14(6-9-16)11-23-3/h4-10H,11H2,1-3H3,(H,19,21)(H,20,22). The van der Waals surface area contributed by atoms with E-state index in [0.717, 1.165) is 11.1 Å². The number of hydrogen-bond donors (Lipinski definition) is 2. The van der Waals surface area contributed by atoms with Gasteiger partial charge in [-0.2, -0.15) is 0 Å². The van der Waals surface area contributed by atoms with Crippen LogP contribution < -0.4 is 10.6 Å². The number of methoxy groups -OCH3 is 1. The van der Waals surface area contributed by atoms with E-state index in [-0.39, 0.29) is 11.8 Å². The van der Waals surface area contributed by atoms with E-state index in [1.54, 1.807) is 19.2 Å². The predicted molar refractivity (Wildman–Crippen MR) is 90.6 cm³/mol. The number of carbonyl (C=O) groups excluding carboxylic acids is 2. The van der Waals surface area contributed by atoms with E-state index in [0.29, 0.717) is 23.5 Å². The molecule has 5 nitrogen and oxygen atoms in total. The van der Waals surface area contributed by atoms with Crippen molar-refractivity contribution < 1.29 is 14.3 Å². The normalized spacial score (nSPS) is 10.2. The molecule has 0 bridgehead atoms. The topological polar surface area (TPSA) is 67.4 Å². The minimum Gasteiger partial charge on any atom is -0.380 e. The molecule has 2 rings (SSSR count). The lowest BCUT2D eigenvalue weighted by atomic mass is 10.1. The van der Waals surface area contributed by atoms with Gasteiger partial charge < -0.3 is 15.4 Å². The Balaban J connectivity index is 2.12. The van der Waals surface area contributed by atoms with Crippen LogP contribution in [0.25, 0.3) is 0 Å². The average molecular weight is 312 g/mol. The molecule has 2 N–H and O–H groups in total. The van der Waals surface area contributed by atoms with E-state index in [4.69, 9.17) is 4.74 Å². The summed E-state index contributed by atoms with van der Waals surface area (Å²) in [6, 6.07) is 12.7. The Morgan fingerprint density at radius 2 is 1.74 bits per heavy atom. The SMILES string of the molecule is COCc1ccc(NC(=O)c2ccc(C)c(NC(C)=O)c2)cc1. The van der Waals surface area contributed by atoms with Crippen LogP contribution in [0.15, 0.2) is 42.5 Å². The molecule has 0 atom stereocenters. The minimum absolute atomic E-state index is 0.167. The molecule has 0 heterocycles. The number of aryl methyl sites for hydroxylation is 1. The van der Waals surface area contributed by atoms with Gasteiger partial charge in [0.2, 0.25) is 5.91 Å². The van der Waals surface area contributed by atoms with Crippen molar-refractivity contribution in [3.63, 3.8) is 0 Å². The quantitative estimate of drug-likeness (QED) is 0.889. The van der Waals surface area contributed by atoms with Crippen molar-refractivity contribution in [1.29, 1.82) is 0 Å². The molecular weight excluding hydrogens is 292 g/mol. The molecule has 0 spiro atoms. The number of rotatable bonds is 5. The van der Waals surface area contributed by atoms with Gasteiger partial charge in [-0.15, -0.1) is 0 Å². The second-order valence-electron chi connectivity index (χ2n) is 5.29. The van der Waals surface area contributed by atoms with Crippen LogP contribution in [0.2, 0.25) is 0 Å². The first-order valence-corrected chi connectivity index (χ1v) is 7.27. The fourth-order valence-corrected chi connectivity index (χ4v) is 2.14. The van der Waals surface area contributed by atoms with E-state index < -0.39 is 0 Å². The van der Waals surface area contributed by atoms with Gasteiger partial charge in [0.25, 0.3) is 5.91 Å². The molecule has 0 saturated heterocycles. The van der Waals surface area contributed by atoms with Crippen molar-refractivity contribution in [2.75, 3.05) is 17.7 Å². The van der Waals surface area contributed by atoms with E-state index in [1.807, 2.05) is 37.3 Å². The van der Waals surface area contributed by atoms with Crippen molar-refractivity contribution in [3.8, 4) is 0 Å². The lowest BCUT2D eigenvalue weighted by Crippen LogP contribution is -2.13.